The smallest absolute Gasteiger partial charge is 0.261 e. The molecule has 3 aromatic rings. The van der Waals surface area contributed by atoms with Gasteiger partial charge >= 0.3 is 0 Å². The highest BCUT2D eigenvalue weighted by molar-refractivity contribution is 6.08. The van der Waals surface area contributed by atoms with Gasteiger partial charge in [0.05, 0.1) is 23.8 Å². The Hall–Kier alpha value is -2.70. The van der Waals surface area contributed by atoms with E-state index in [4.69, 9.17) is 0 Å². The number of aryl methyl sites for hydroxylation is 3. The largest absolute Gasteiger partial charge is 0.319 e. The third kappa shape index (κ3) is 2.16. The van der Waals surface area contributed by atoms with Crippen LogP contribution >= 0.6 is 0 Å². The number of nitrogens with zero attached hydrogens (tertiary/aromatic N) is 5. The minimum atomic E-state index is -0.237. The number of amides is 1. The van der Waals surface area contributed by atoms with Crippen LogP contribution in [0.3, 0.4) is 0 Å². The van der Waals surface area contributed by atoms with E-state index < -0.39 is 0 Å². The Labute approximate surface area is 121 Å². The lowest BCUT2D eigenvalue weighted by Crippen LogP contribution is -2.13. The van der Waals surface area contributed by atoms with Crippen LogP contribution in [0.5, 0.6) is 0 Å². The van der Waals surface area contributed by atoms with Crippen molar-refractivity contribution in [3.63, 3.8) is 0 Å². The van der Waals surface area contributed by atoms with E-state index in [1.807, 2.05) is 33.9 Å². The van der Waals surface area contributed by atoms with E-state index in [1.165, 1.54) is 6.20 Å². The number of rotatable bonds is 2. The average molecular weight is 284 g/mol. The number of nitrogens with one attached hydrogen (secondary N) is 1. The summed E-state index contributed by atoms with van der Waals surface area (Å²) in [6.07, 6.45) is 3.17. The Morgan fingerprint density at radius 3 is 2.62 bits per heavy atom. The minimum absolute atomic E-state index is 0.237. The van der Waals surface area contributed by atoms with Crippen molar-refractivity contribution in [3.8, 4) is 0 Å². The van der Waals surface area contributed by atoms with Crippen LogP contribution in [0.1, 0.15) is 27.4 Å². The van der Waals surface area contributed by atoms with Gasteiger partial charge in [0.15, 0.2) is 5.65 Å². The SMILES string of the molecule is Cc1cc(C)n2ncc(C(=O)Nc3cnn(C)c3C)c2n1. The molecule has 0 bridgehead atoms. The van der Waals surface area contributed by atoms with Gasteiger partial charge in [-0.2, -0.15) is 10.2 Å². The second-order valence-corrected chi connectivity index (χ2v) is 5.05. The van der Waals surface area contributed by atoms with E-state index in [9.17, 15) is 4.79 Å². The lowest BCUT2D eigenvalue weighted by atomic mass is 10.2. The van der Waals surface area contributed by atoms with Gasteiger partial charge in [0.1, 0.15) is 5.56 Å². The molecule has 0 aliphatic carbocycles. The van der Waals surface area contributed by atoms with Gasteiger partial charge in [-0.1, -0.05) is 0 Å². The number of fused-ring (bicyclic) bond motifs is 1. The molecule has 0 saturated heterocycles. The zero-order chi connectivity index (χ0) is 15.1. The summed E-state index contributed by atoms with van der Waals surface area (Å²) in [4.78, 5) is 16.8. The molecule has 0 spiro atoms. The molecular formula is C14H16N6O. The normalized spacial score (nSPS) is 11.0. The molecule has 0 aliphatic rings. The van der Waals surface area contributed by atoms with Gasteiger partial charge in [-0.15, -0.1) is 0 Å². The summed E-state index contributed by atoms with van der Waals surface area (Å²) in [6.45, 7) is 5.72. The first-order valence-corrected chi connectivity index (χ1v) is 6.59. The Morgan fingerprint density at radius 1 is 1.19 bits per heavy atom. The average Bonchev–Trinajstić information content (AvgIpc) is 2.97. The van der Waals surface area contributed by atoms with Gasteiger partial charge < -0.3 is 5.32 Å². The van der Waals surface area contributed by atoms with Gasteiger partial charge in [0.25, 0.3) is 5.91 Å². The summed E-state index contributed by atoms with van der Waals surface area (Å²) in [5.74, 6) is -0.237. The van der Waals surface area contributed by atoms with Gasteiger partial charge in [0, 0.05) is 18.4 Å². The number of hydrogen-bond donors (Lipinski definition) is 1. The molecular weight excluding hydrogens is 268 g/mol. The van der Waals surface area contributed by atoms with Gasteiger partial charge in [-0.3, -0.25) is 9.48 Å². The summed E-state index contributed by atoms with van der Waals surface area (Å²) in [5.41, 5.74) is 4.38. The molecule has 3 heterocycles. The highest BCUT2D eigenvalue weighted by Gasteiger charge is 2.17. The lowest BCUT2D eigenvalue weighted by molar-refractivity contribution is 0.102. The van der Waals surface area contributed by atoms with E-state index in [0.29, 0.717) is 16.9 Å². The number of hydrogen-bond acceptors (Lipinski definition) is 4. The third-order valence-corrected chi connectivity index (χ3v) is 3.51. The topological polar surface area (TPSA) is 77.1 Å². The van der Waals surface area contributed by atoms with Crippen LogP contribution in [0.4, 0.5) is 5.69 Å². The monoisotopic (exact) mass is 284 g/mol. The van der Waals surface area contributed by atoms with E-state index in [1.54, 1.807) is 15.4 Å². The fourth-order valence-corrected chi connectivity index (χ4v) is 2.24. The van der Waals surface area contributed by atoms with Gasteiger partial charge in [-0.25, -0.2) is 9.50 Å². The summed E-state index contributed by atoms with van der Waals surface area (Å²) < 4.78 is 3.37. The molecule has 108 valence electrons. The quantitative estimate of drug-likeness (QED) is 0.776. The predicted octanol–water partition coefficient (Wildman–Crippen LogP) is 1.64. The molecule has 21 heavy (non-hydrogen) atoms. The molecule has 0 saturated carbocycles. The van der Waals surface area contributed by atoms with Crippen LogP contribution in [0, 0.1) is 20.8 Å². The molecule has 1 amide bonds. The second kappa shape index (κ2) is 4.69. The zero-order valence-electron chi connectivity index (χ0n) is 12.4. The molecule has 0 unspecified atom stereocenters. The molecule has 0 aromatic carbocycles. The Bertz CT molecular complexity index is 845. The maximum atomic E-state index is 12.4. The maximum absolute atomic E-state index is 12.4. The molecule has 0 atom stereocenters. The van der Waals surface area contributed by atoms with Crippen LogP contribution in [-0.4, -0.2) is 30.3 Å². The number of carbonyl (C=O) groups is 1. The molecule has 0 radical (unpaired) electrons. The molecule has 3 rings (SSSR count). The van der Waals surface area contributed by atoms with Crippen LogP contribution in [-0.2, 0) is 7.05 Å². The van der Waals surface area contributed by atoms with E-state index in [2.05, 4.69) is 20.5 Å². The fourth-order valence-electron chi connectivity index (χ4n) is 2.24. The molecule has 0 fully saturated rings. The highest BCUT2D eigenvalue weighted by Crippen LogP contribution is 2.16. The Kier molecular flexibility index (Phi) is 2.97. The molecule has 7 nitrogen and oxygen atoms in total. The van der Waals surface area contributed by atoms with Crippen molar-refractivity contribution < 1.29 is 4.79 Å². The second-order valence-electron chi connectivity index (χ2n) is 5.05. The first-order chi connectivity index (χ1) is 9.97. The van der Waals surface area contributed by atoms with Gasteiger partial charge in [-0.05, 0) is 26.8 Å². The number of aromatic nitrogens is 5. The summed E-state index contributed by atoms with van der Waals surface area (Å²) >= 11 is 0. The number of carbonyl (C=O) groups excluding carboxylic acids is 1. The van der Waals surface area contributed by atoms with Crippen LogP contribution in [0.25, 0.3) is 5.65 Å². The van der Waals surface area contributed by atoms with Crippen molar-refractivity contribution in [2.75, 3.05) is 5.32 Å². The Morgan fingerprint density at radius 2 is 1.95 bits per heavy atom. The molecule has 7 heteroatoms. The predicted molar refractivity (Wildman–Crippen MR) is 78.4 cm³/mol. The van der Waals surface area contributed by atoms with Gasteiger partial charge in [0.2, 0.25) is 0 Å². The summed E-state index contributed by atoms with van der Waals surface area (Å²) in [5, 5.41) is 11.2. The Balaban J connectivity index is 2.00. The summed E-state index contributed by atoms with van der Waals surface area (Å²) in [6, 6.07) is 1.92. The van der Waals surface area contributed by atoms with Crippen molar-refractivity contribution in [1.82, 2.24) is 24.4 Å². The van der Waals surface area contributed by atoms with E-state index in [0.717, 1.165) is 17.1 Å². The highest BCUT2D eigenvalue weighted by atomic mass is 16.1. The fraction of sp³-hybridized carbons (Fsp3) is 0.286. The lowest BCUT2D eigenvalue weighted by Gasteiger charge is -2.04. The van der Waals surface area contributed by atoms with Crippen molar-refractivity contribution >= 4 is 17.2 Å². The van der Waals surface area contributed by atoms with Crippen molar-refractivity contribution in [2.24, 2.45) is 7.05 Å². The van der Waals surface area contributed by atoms with Crippen LogP contribution in [0.15, 0.2) is 18.5 Å². The van der Waals surface area contributed by atoms with Crippen LogP contribution in [0.2, 0.25) is 0 Å². The van der Waals surface area contributed by atoms with E-state index in [-0.39, 0.29) is 5.91 Å². The van der Waals surface area contributed by atoms with Crippen molar-refractivity contribution in [2.45, 2.75) is 20.8 Å². The van der Waals surface area contributed by atoms with Crippen molar-refractivity contribution in [3.05, 3.63) is 41.1 Å². The van der Waals surface area contributed by atoms with E-state index >= 15 is 0 Å². The molecule has 0 aliphatic heterocycles. The minimum Gasteiger partial charge on any atom is -0.319 e. The summed E-state index contributed by atoms with van der Waals surface area (Å²) in [7, 11) is 1.83. The van der Waals surface area contributed by atoms with Crippen LogP contribution < -0.4 is 5.32 Å². The molecule has 3 aromatic heterocycles. The standard InChI is InChI=1S/C14H16N6O/c1-8-5-9(2)20-13(17-8)11(6-16-20)14(21)18-12-7-15-19(4)10(12)3/h5-7H,1-4H3,(H,18,21). The third-order valence-electron chi connectivity index (χ3n) is 3.51. The molecule has 1 N–H and O–H groups in total. The first-order valence-electron chi connectivity index (χ1n) is 6.59. The van der Waals surface area contributed by atoms with Crippen molar-refractivity contribution in [1.29, 1.82) is 0 Å². The zero-order valence-corrected chi connectivity index (χ0v) is 12.4. The number of anilines is 1. The first kappa shape index (κ1) is 13.3. The maximum Gasteiger partial charge on any atom is 0.261 e.